The van der Waals surface area contributed by atoms with Crippen LogP contribution >= 0.6 is 0 Å². The molecule has 1 saturated carbocycles. The molecule has 0 bridgehead atoms. The number of ketones is 1. The molecule has 2 nitrogen and oxygen atoms in total. The van der Waals surface area contributed by atoms with Crippen molar-refractivity contribution in [3.63, 3.8) is 0 Å². The van der Waals surface area contributed by atoms with Gasteiger partial charge in [-0.2, -0.15) is 0 Å². The van der Waals surface area contributed by atoms with Crippen LogP contribution in [0.25, 0.3) is 0 Å². The van der Waals surface area contributed by atoms with Crippen LogP contribution in [0.1, 0.15) is 49.9 Å². The van der Waals surface area contributed by atoms with Gasteiger partial charge in [0.2, 0.25) is 0 Å². The average Bonchev–Trinajstić information content (AvgIpc) is 3.08. The number of hydrogen-bond donors (Lipinski definition) is 1. The molecule has 0 aliphatic heterocycles. The van der Waals surface area contributed by atoms with Crippen LogP contribution in [0.15, 0.2) is 24.3 Å². The number of nitrogens with one attached hydrogen (secondary N) is 1. The van der Waals surface area contributed by atoms with Crippen molar-refractivity contribution >= 4 is 11.5 Å². The van der Waals surface area contributed by atoms with Gasteiger partial charge in [0.05, 0.1) is 0 Å². The van der Waals surface area contributed by atoms with E-state index >= 15 is 0 Å². The Morgan fingerprint density at radius 3 is 2.41 bits per heavy atom. The number of hydrogen-bond acceptors (Lipinski definition) is 2. The van der Waals surface area contributed by atoms with Gasteiger partial charge in [-0.25, -0.2) is 0 Å². The molecular formula is C15H21NO. The zero-order valence-corrected chi connectivity index (χ0v) is 10.8. The second-order valence-electron chi connectivity index (χ2n) is 5.24. The second kappa shape index (κ2) is 4.91. The number of benzene rings is 1. The lowest BCUT2D eigenvalue weighted by Gasteiger charge is -2.15. The summed E-state index contributed by atoms with van der Waals surface area (Å²) in [6, 6.07) is 7.78. The Hall–Kier alpha value is -1.31. The third-order valence-corrected chi connectivity index (χ3v) is 3.70. The van der Waals surface area contributed by atoms with Gasteiger partial charge in [-0.05, 0) is 55.9 Å². The van der Waals surface area contributed by atoms with Crippen LogP contribution in [-0.2, 0) is 0 Å². The summed E-state index contributed by atoms with van der Waals surface area (Å²) in [7, 11) is 0. The van der Waals surface area contributed by atoms with Crippen molar-refractivity contribution in [3.05, 3.63) is 29.8 Å². The molecule has 1 aliphatic rings. The first-order valence-electron chi connectivity index (χ1n) is 6.50. The molecule has 0 radical (unpaired) electrons. The molecule has 0 amide bonds. The molecule has 0 aromatic heterocycles. The zero-order chi connectivity index (χ0) is 12.3. The molecule has 1 aromatic carbocycles. The largest absolute Gasteiger partial charge is 0.384 e. The van der Waals surface area contributed by atoms with Gasteiger partial charge in [-0.1, -0.05) is 13.3 Å². The van der Waals surface area contributed by atoms with Gasteiger partial charge in [0.1, 0.15) is 0 Å². The third kappa shape index (κ3) is 3.09. The van der Waals surface area contributed by atoms with Crippen LogP contribution < -0.4 is 5.32 Å². The van der Waals surface area contributed by atoms with Gasteiger partial charge in [0, 0.05) is 17.8 Å². The normalized spacial score (nSPS) is 16.6. The highest BCUT2D eigenvalue weighted by Gasteiger charge is 2.40. The van der Waals surface area contributed by atoms with Crippen LogP contribution in [0.3, 0.4) is 0 Å². The SMILES string of the molecule is CCCC1(CNc2ccc(C(C)=O)cc2)CC1. The van der Waals surface area contributed by atoms with Crippen molar-refractivity contribution < 1.29 is 4.79 Å². The van der Waals surface area contributed by atoms with Crippen molar-refractivity contribution in [1.82, 2.24) is 0 Å². The van der Waals surface area contributed by atoms with E-state index in [1.807, 2.05) is 24.3 Å². The highest BCUT2D eigenvalue weighted by Crippen LogP contribution is 2.49. The smallest absolute Gasteiger partial charge is 0.159 e. The Bertz CT molecular complexity index is 390. The summed E-state index contributed by atoms with van der Waals surface area (Å²) < 4.78 is 0. The fourth-order valence-corrected chi connectivity index (χ4v) is 2.33. The minimum Gasteiger partial charge on any atom is -0.384 e. The van der Waals surface area contributed by atoms with E-state index in [1.54, 1.807) is 6.92 Å². The standard InChI is InChI=1S/C15H21NO/c1-3-8-15(9-10-15)11-16-14-6-4-13(5-7-14)12(2)17/h4-7,16H,3,8-11H2,1-2H3. The molecule has 0 heterocycles. The maximum absolute atomic E-state index is 11.1. The van der Waals surface area contributed by atoms with E-state index in [0.717, 1.165) is 17.8 Å². The van der Waals surface area contributed by atoms with Gasteiger partial charge < -0.3 is 5.32 Å². The van der Waals surface area contributed by atoms with Crippen molar-refractivity contribution in [2.75, 3.05) is 11.9 Å². The molecule has 0 unspecified atom stereocenters. The first kappa shape index (κ1) is 12.2. The quantitative estimate of drug-likeness (QED) is 0.753. The van der Waals surface area contributed by atoms with Crippen LogP contribution in [0.2, 0.25) is 0 Å². The van der Waals surface area contributed by atoms with E-state index in [2.05, 4.69) is 12.2 Å². The highest BCUT2D eigenvalue weighted by molar-refractivity contribution is 5.94. The van der Waals surface area contributed by atoms with Crippen molar-refractivity contribution in [3.8, 4) is 0 Å². The molecule has 2 heteroatoms. The monoisotopic (exact) mass is 231 g/mol. The lowest BCUT2D eigenvalue weighted by Crippen LogP contribution is -2.15. The summed E-state index contributed by atoms with van der Waals surface area (Å²) >= 11 is 0. The Morgan fingerprint density at radius 2 is 1.94 bits per heavy atom. The molecule has 0 spiro atoms. The first-order chi connectivity index (χ1) is 8.15. The lowest BCUT2D eigenvalue weighted by molar-refractivity contribution is 0.101. The molecule has 1 N–H and O–H groups in total. The van der Waals surface area contributed by atoms with E-state index in [9.17, 15) is 4.79 Å². The summed E-state index contributed by atoms with van der Waals surface area (Å²) in [4.78, 5) is 11.1. The van der Waals surface area contributed by atoms with Crippen LogP contribution in [0.4, 0.5) is 5.69 Å². The summed E-state index contributed by atoms with van der Waals surface area (Å²) in [6.45, 7) is 4.92. The lowest BCUT2D eigenvalue weighted by atomic mass is 10.0. The van der Waals surface area contributed by atoms with Gasteiger partial charge in [0.25, 0.3) is 0 Å². The molecule has 0 saturated heterocycles. The number of carbonyl (C=O) groups is 1. The maximum atomic E-state index is 11.1. The van der Waals surface area contributed by atoms with Gasteiger partial charge in [0.15, 0.2) is 5.78 Å². The summed E-state index contributed by atoms with van der Waals surface area (Å²) in [5, 5.41) is 3.49. The fourth-order valence-electron chi connectivity index (χ4n) is 2.33. The number of carbonyl (C=O) groups excluding carboxylic acids is 1. The van der Waals surface area contributed by atoms with Gasteiger partial charge in [-0.3, -0.25) is 4.79 Å². The Labute approximate surface area is 103 Å². The number of anilines is 1. The topological polar surface area (TPSA) is 29.1 Å². The molecule has 1 fully saturated rings. The van der Waals surface area contributed by atoms with E-state index in [4.69, 9.17) is 0 Å². The maximum Gasteiger partial charge on any atom is 0.159 e. The summed E-state index contributed by atoms with van der Waals surface area (Å²) in [5.41, 5.74) is 2.47. The number of rotatable bonds is 6. The Morgan fingerprint density at radius 1 is 1.29 bits per heavy atom. The van der Waals surface area contributed by atoms with E-state index in [1.165, 1.54) is 25.7 Å². The highest BCUT2D eigenvalue weighted by atomic mass is 16.1. The van der Waals surface area contributed by atoms with Crippen LogP contribution in [0.5, 0.6) is 0 Å². The minimum atomic E-state index is 0.126. The first-order valence-corrected chi connectivity index (χ1v) is 6.50. The van der Waals surface area contributed by atoms with Crippen LogP contribution in [0, 0.1) is 5.41 Å². The molecule has 92 valence electrons. The zero-order valence-electron chi connectivity index (χ0n) is 10.8. The second-order valence-corrected chi connectivity index (χ2v) is 5.24. The fraction of sp³-hybridized carbons (Fsp3) is 0.533. The van der Waals surface area contributed by atoms with E-state index in [-0.39, 0.29) is 5.78 Å². The predicted molar refractivity (Wildman–Crippen MR) is 71.5 cm³/mol. The molecule has 17 heavy (non-hydrogen) atoms. The third-order valence-electron chi connectivity index (χ3n) is 3.70. The van der Waals surface area contributed by atoms with Gasteiger partial charge in [-0.15, -0.1) is 0 Å². The molecule has 1 aliphatic carbocycles. The minimum absolute atomic E-state index is 0.126. The Balaban J connectivity index is 1.89. The van der Waals surface area contributed by atoms with Crippen molar-refractivity contribution in [2.45, 2.75) is 39.5 Å². The molecular weight excluding hydrogens is 210 g/mol. The predicted octanol–water partition coefficient (Wildman–Crippen LogP) is 3.88. The van der Waals surface area contributed by atoms with Crippen molar-refractivity contribution in [1.29, 1.82) is 0 Å². The summed E-state index contributed by atoms with van der Waals surface area (Å²) in [6.07, 6.45) is 5.31. The van der Waals surface area contributed by atoms with Crippen molar-refractivity contribution in [2.24, 2.45) is 5.41 Å². The summed E-state index contributed by atoms with van der Waals surface area (Å²) in [5.74, 6) is 0.126. The van der Waals surface area contributed by atoms with Gasteiger partial charge >= 0.3 is 0 Å². The van der Waals surface area contributed by atoms with E-state index < -0.39 is 0 Å². The number of Topliss-reactive ketones (excluding diaryl/α,β-unsaturated/α-hetero) is 1. The molecule has 2 rings (SSSR count). The van der Waals surface area contributed by atoms with E-state index in [0.29, 0.717) is 5.41 Å². The van der Waals surface area contributed by atoms with Crippen LogP contribution in [-0.4, -0.2) is 12.3 Å². The molecule has 0 atom stereocenters. The Kier molecular flexibility index (Phi) is 3.51. The molecule has 1 aromatic rings. The average molecular weight is 231 g/mol.